The van der Waals surface area contributed by atoms with Crippen LogP contribution in [0, 0.1) is 11.6 Å². The zero-order valence-electron chi connectivity index (χ0n) is 16.8. The van der Waals surface area contributed by atoms with Crippen LogP contribution < -0.4 is 15.5 Å². The molecule has 0 spiro atoms. The van der Waals surface area contributed by atoms with Crippen LogP contribution >= 0.6 is 0 Å². The van der Waals surface area contributed by atoms with Crippen molar-refractivity contribution in [1.29, 1.82) is 0 Å². The highest BCUT2D eigenvalue weighted by atomic mass is 19.1. The maximum atomic E-state index is 14.6. The summed E-state index contributed by atoms with van der Waals surface area (Å²) in [6, 6.07) is 9.22. The van der Waals surface area contributed by atoms with E-state index < -0.39 is 11.6 Å². The highest BCUT2D eigenvalue weighted by Gasteiger charge is 2.24. The van der Waals surface area contributed by atoms with Gasteiger partial charge in [-0.1, -0.05) is 6.07 Å². The molecule has 1 saturated heterocycles. The second-order valence-corrected chi connectivity index (χ2v) is 7.37. The van der Waals surface area contributed by atoms with E-state index in [-0.39, 0.29) is 5.56 Å². The molecule has 0 saturated carbocycles. The maximum absolute atomic E-state index is 14.6. The van der Waals surface area contributed by atoms with Gasteiger partial charge in [0.1, 0.15) is 23.3 Å². The number of benzene rings is 1. The maximum Gasteiger partial charge on any atom is 0.228 e. The molecule has 0 radical (unpaired) electrons. The van der Waals surface area contributed by atoms with Crippen LogP contribution in [0.4, 0.5) is 26.4 Å². The predicted molar refractivity (Wildman–Crippen MR) is 115 cm³/mol. The number of anilines is 3. The van der Waals surface area contributed by atoms with E-state index in [1.807, 2.05) is 23.1 Å². The summed E-state index contributed by atoms with van der Waals surface area (Å²) in [4.78, 5) is 17.8. The van der Waals surface area contributed by atoms with E-state index in [4.69, 9.17) is 5.73 Å². The lowest BCUT2D eigenvalue weighted by molar-refractivity contribution is 0.585. The number of piperazine rings is 1. The lowest BCUT2D eigenvalue weighted by Crippen LogP contribution is -2.47. The summed E-state index contributed by atoms with van der Waals surface area (Å²) >= 11 is 0. The van der Waals surface area contributed by atoms with Crippen molar-refractivity contribution in [1.82, 2.24) is 24.7 Å². The van der Waals surface area contributed by atoms with Crippen LogP contribution in [-0.2, 0) is 7.05 Å². The highest BCUT2D eigenvalue weighted by Crippen LogP contribution is 2.33. The van der Waals surface area contributed by atoms with Gasteiger partial charge in [0.05, 0.1) is 11.1 Å². The molecule has 10 heteroatoms. The number of aromatic nitrogens is 5. The van der Waals surface area contributed by atoms with Crippen LogP contribution in [0.5, 0.6) is 0 Å². The Morgan fingerprint density at radius 3 is 2.45 bits per heavy atom. The number of pyridine rings is 1. The van der Waals surface area contributed by atoms with Gasteiger partial charge in [0.15, 0.2) is 5.65 Å². The van der Waals surface area contributed by atoms with Gasteiger partial charge < -0.3 is 15.5 Å². The van der Waals surface area contributed by atoms with Crippen LogP contribution in [0.3, 0.4) is 0 Å². The largest absolute Gasteiger partial charge is 0.383 e. The van der Waals surface area contributed by atoms with Crippen LogP contribution in [-0.4, -0.2) is 50.9 Å². The third kappa shape index (κ3) is 3.39. The van der Waals surface area contributed by atoms with Crippen molar-refractivity contribution in [2.75, 3.05) is 41.7 Å². The van der Waals surface area contributed by atoms with Gasteiger partial charge in [0.2, 0.25) is 5.95 Å². The number of nitrogens with zero attached hydrogens (tertiary/aromatic N) is 7. The Kier molecular flexibility index (Phi) is 4.61. The van der Waals surface area contributed by atoms with Crippen LogP contribution in [0.15, 0.2) is 42.6 Å². The van der Waals surface area contributed by atoms with Gasteiger partial charge in [-0.2, -0.15) is 10.1 Å². The third-order valence-electron chi connectivity index (χ3n) is 5.45. The van der Waals surface area contributed by atoms with Crippen molar-refractivity contribution >= 4 is 28.6 Å². The molecule has 8 nitrogen and oxygen atoms in total. The first kappa shape index (κ1) is 19.2. The van der Waals surface area contributed by atoms with Crippen LogP contribution in [0.1, 0.15) is 0 Å². The molecule has 4 aromatic rings. The van der Waals surface area contributed by atoms with Gasteiger partial charge >= 0.3 is 0 Å². The van der Waals surface area contributed by atoms with Crippen molar-refractivity contribution < 1.29 is 8.78 Å². The third-order valence-corrected chi connectivity index (χ3v) is 5.45. The summed E-state index contributed by atoms with van der Waals surface area (Å²) in [5.41, 5.74) is 6.99. The molecule has 31 heavy (non-hydrogen) atoms. The fourth-order valence-electron chi connectivity index (χ4n) is 3.80. The predicted octanol–water partition coefficient (Wildman–Crippen LogP) is 2.61. The Morgan fingerprint density at radius 1 is 0.968 bits per heavy atom. The number of fused-ring (bicyclic) bond motifs is 1. The van der Waals surface area contributed by atoms with E-state index in [0.717, 1.165) is 25.0 Å². The van der Waals surface area contributed by atoms with E-state index in [2.05, 4.69) is 25.0 Å². The summed E-state index contributed by atoms with van der Waals surface area (Å²) in [7, 11) is 1.69. The Balaban J connectivity index is 1.53. The Hall–Kier alpha value is -3.82. The number of hydrogen-bond acceptors (Lipinski definition) is 7. The first-order chi connectivity index (χ1) is 15.0. The average molecular weight is 422 g/mol. The number of rotatable bonds is 3. The van der Waals surface area contributed by atoms with Crippen molar-refractivity contribution in [3.8, 4) is 11.3 Å². The normalized spacial score (nSPS) is 14.4. The molecular formula is C21H20F2N8. The number of hydrogen-bond donors (Lipinski definition) is 1. The van der Waals surface area contributed by atoms with Gasteiger partial charge in [0, 0.05) is 51.1 Å². The fraction of sp³-hybridized carbons (Fsp3) is 0.238. The van der Waals surface area contributed by atoms with Gasteiger partial charge in [-0.3, -0.25) is 4.68 Å². The highest BCUT2D eigenvalue weighted by molar-refractivity contribution is 5.99. The minimum atomic E-state index is -0.714. The minimum absolute atomic E-state index is 0.155. The van der Waals surface area contributed by atoms with Crippen molar-refractivity contribution in [2.45, 2.75) is 0 Å². The topological polar surface area (TPSA) is 89.0 Å². The lowest BCUT2D eigenvalue weighted by Gasteiger charge is -2.35. The van der Waals surface area contributed by atoms with Gasteiger partial charge in [-0.15, -0.1) is 0 Å². The Morgan fingerprint density at radius 2 is 1.74 bits per heavy atom. The fourth-order valence-corrected chi connectivity index (χ4v) is 3.80. The molecule has 1 aliphatic rings. The van der Waals surface area contributed by atoms with Crippen LogP contribution in [0.25, 0.3) is 22.3 Å². The number of aryl methyl sites for hydroxylation is 1. The van der Waals surface area contributed by atoms with E-state index in [1.165, 1.54) is 16.8 Å². The first-order valence-electron chi connectivity index (χ1n) is 9.88. The molecule has 0 unspecified atom stereocenters. The second kappa shape index (κ2) is 7.46. The second-order valence-electron chi connectivity index (χ2n) is 7.37. The molecule has 1 aromatic carbocycles. The first-order valence-corrected chi connectivity index (χ1v) is 9.88. The smallest absolute Gasteiger partial charge is 0.228 e. The number of nitrogens with two attached hydrogens (primary N) is 1. The SMILES string of the molecule is Cn1nc2nc(N3CCN(c4ccccn4)CC3)nc(-c3ccc(F)cc3F)c2c1N. The summed E-state index contributed by atoms with van der Waals surface area (Å²) in [5.74, 6) is 0.307. The van der Waals surface area contributed by atoms with E-state index >= 15 is 0 Å². The molecule has 0 bridgehead atoms. The molecule has 0 atom stereocenters. The molecular weight excluding hydrogens is 402 g/mol. The summed E-state index contributed by atoms with van der Waals surface area (Å²) in [5, 5.41) is 4.81. The zero-order valence-corrected chi connectivity index (χ0v) is 16.8. The molecule has 4 heterocycles. The minimum Gasteiger partial charge on any atom is -0.383 e. The standard InChI is InChI=1S/C21H20F2N8/c1-29-19(24)17-18(14-6-5-13(22)12-15(14)23)26-21(27-20(17)28-29)31-10-8-30(9-11-31)16-4-2-3-7-25-16/h2-7,12H,8-11,24H2,1H3. The molecule has 3 aromatic heterocycles. The summed E-state index contributed by atoms with van der Waals surface area (Å²) < 4.78 is 29.6. The quantitative estimate of drug-likeness (QED) is 0.543. The molecule has 2 N–H and O–H groups in total. The summed E-state index contributed by atoms with van der Waals surface area (Å²) in [6.07, 6.45) is 1.77. The Bertz CT molecular complexity index is 1250. The average Bonchev–Trinajstić information content (AvgIpc) is 3.07. The molecule has 158 valence electrons. The van der Waals surface area contributed by atoms with Gasteiger partial charge in [-0.05, 0) is 24.3 Å². The molecule has 5 rings (SSSR count). The van der Waals surface area contributed by atoms with Crippen molar-refractivity contribution in [3.63, 3.8) is 0 Å². The lowest BCUT2D eigenvalue weighted by atomic mass is 10.1. The monoisotopic (exact) mass is 422 g/mol. The van der Waals surface area contributed by atoms with E-state index in [9.17, 15) is 8.78 Å². The van der Waals surface area contributed by atoms with Gasteiger partial charge in [0.25, 0.3) is 0 Å². The van der Waals surface area contributed by atoms with Crippen LogP contribution in [0.2, 0.25) is 0 Å². The van der Waals surface area contributed by atoms with E-state index in [1.54, 1.807) is 13.2 Å². The molecule has 0 amide bonds. The molecule has 1 aliphatic heterocycles. The number of nitrogen functional groups attached to an aromatic ring is 1. The zero-order chi connectivity index (χ0) is 21.5. The summed E-state index contributed by atoms with van der Waals surface area (Å²) in [6.45, 7) is 2.80. The van der Waals surface area contributed by atoms with Gasteiger partial charge in [-0.25, -0.2) is 18.7 Å². The Labute approximate surface area is 177 Å². The molecule has 0 aliphatic carbocycles. The number of halogens is 2. The molecule has 1 fully saturated rings. The van der Waals surface area contributed by atoms with E-state index in [0.29, 0.717) is 41.6 Å². The van der Waals surface area contributed by atoms with Crippen molar-refractivity contribution in [2.24, 2.45) is 7.05 Å². The van der Waals surface area contributed by atoms with Crippen molar-refractivity contribution in [3.05, 3.63) is 54.2 Å².